The van der Waals surface area contributed by atoms with Gasteiger partial charge in [0.2, 0.25) is 0 Å². The second-order valence-electron chi connectivity index (χ2n) is 6.67. The highest BCUT2D eigenvalue weighted by atomic mass is 16.6. The topological polar surface area (TPSA) is 41.6 Å². The molecule has 2 fully saturated rings. The molecule has 0 aliphatic carbocycles. The van der Waals surface area contributed by atoms with Crippen molar-refractivity contribution in [3.05, 3.63) is 0 Å². The van der Waals surface area contributed by atoms with Crippen molar-refractivity contribution in [2.75, 3.05) is 46.3 Å². The molecule has 2 saturated heterocycles. The van der Waals surface area contributed by atoms with Crippen LogP contribution in [0.3, 0.4) is 0 Å². The first-order chi connectivity index (χ1) is 8.30. The van der Waals surface area contributed by atoms with Crippen LogP contribution in [0.2, 0.25) is 0 Å². The van der Waals surface area contributed by atoms with Crippen molar-refractivity contribution in [1.29, 1.82) is 0 Å². The molecule has 1 N–H and O–H groups in total. The van der Waals surface area contributed by atoms with E-state index in [4.69, 9.17) is 4.74 Å². The molecule has 0 unspecified atom stereocenters. The standard InChI is InChI=1S/C13H26N3O2/c1-13(2,3)18-12(17)16(4)7-5-15(6-8-16)11-9-14-10-11/h11,14H,5-10H2,1-4H3/q+1. The summed E-state index contributed by atoms with van der Waals surface area (Å²) in [6, 6.07) is 0.678. The van der Waals surface area contributed by atoms with Gasteiger partial charge in [0, 0.05) is 32.2 Å². The van der Waals surface area contributed by atoms with Gasteiger partial charge >= 0.3 is 6.09 Å². The molecule has 2 heterocycles. The van der Waals surface area contributed by atoms with Crippen LogP contribution in [0.1, 0.15) is 20.8 Å². The molecule has 0 spiro atoms. The molecule has 0 bridgehead atoms. The molecule has 0 radical (unpaired) electrons. The Morgan fingerprint density at radius 2 is 1.83 bits per heavy atom. The zero-order valence-electron chi connectivity index (χ0n) is 12.0. The molecule has 1 amide bonds. The van der Waals surface area contributed by atoms with Gasteiger partial charge in [-0.15, -0.1) is 0 Å². The van der Waals surface area contributed by atoms with Crippen LogP contribution in [0.25, 0.3) is 0 Å². The second-order valence-corrected chi connectivity index (χ2v) is 6.67. The first-order valence-corrected chi connectivity index (χ1v) is 6.83. The van der Waals surface area contributed by atoms with Crippen molar-refractivity contribution in [3.63, 3.8) is 0 Å². The molecule has 5 heteroatoms. The van der Waals surface area contributed by atoms with Gasteiger partial charge in [-0.25, -0.2) is 4.48 Å². The minimum atomic E-state index is -0.395. The summed E-state index contributed by atoms with van der Waals surface area (Å²) >= 11 is 0. The second kappa shape index (κ2) is 4.79. The number of hydrogen-bond donors (Lipinski definition) is 1. The van der Waals surface area contributed by atoms with Gasteiger partial charge in [0.25, 0.3) is 0 Å². The van der Waals surface area contributed by atoms with E-state index >= 15 is 0 Å². The largest absolute Gasteiger partial charge is 0.516 e. The van der Waals surface area contributed by atoms with Crippen LogP contribution < -0.4 is 5.32 Å². The lowest BCUT2D eigenvalue weighted by molar-refractivity contribution is -0.844. The van der Waals surface area contributed by atoms with Crippen LogP contribution in [-0.2, 0) is 4.74 Å². The number of rotatable bonds is 1. The maximum Gasteiger partial charge on any atom is 0.516 e. The molecular weight excluding hydrogens is 230 g/mol. The Kier molecular flexibility index (Phi) is 3.67. The molecule has 2 rings (SSSR count). The third kappa shape index (κ3) is 3.02. The molecule has 2 aliphatic rings. The fourth-order valence-electron chi connectivity index (χ4n) is 2.37. The summed E-state index contributed by atoms with van der Waals surface area (Å²) in [6.07, 6.45) is -0.0890. The Morgan fingerprint density at radius 3 is 2.22 bits per heavy atom. The van der Waals surface area contributed by atoms with Crippen molar-refractivity contribution in [3.8, 4) is 0 Å². The van der Waals surface area contributed by atoms with Gasteiger partial charge in [0.15, 0.2) is 0 Å². The van der Waals surface area contributed by atoms with Crippen molar-refractivity contribution < 1.29 is 14.0 Å². The van der Waals surface area contributed by atoms with Gasteiger partial charge in [0.1, 0.15) is 18.7 Å². The van der Waals surface area contributed by atoms with Crippen LogP contribution in [0, 0.1) is 0 Å². The van der Waals surface area contributed by atoms with Crippen LogP contribution >= 0.6 is 0 Å². The molecule has 0 aromatic rings. The van der Waals surface area contributed by atoms with E-state index in [0.29, 0.717) is 10.5 Å². The van der Waals surface area contributed by atoms with E-state index in [0.717, 1.165) is 39.3 Å². The van der Waals surface area contributed by atoms with E-state index in [1.165, 1.54) is 0 Å². The van der Waals surface area contributed by atoms with Crippen molar-refractivity contribution in [2.45, 2.75) is 32.4 Å². The normalized spacial score (nSPS) is 25.6. The number of quaternary nitrogens is 1. The lowest BCUT2D eigenvalue weighted by Gasteiger charge is -2.45. The first-order valence-electron chi connectivity index (χ1n) is 6.83. The van der Waals surface area contributed by atoms with Crippen molar-refractivity contribution in [1.82, 2.24) is 10.2 Å². The van der Waals surface area contributed by atoms with Gasteiger partial charge in [0.05, 0.1) is 7.05 Å². The maximum atomic E-state index is 12.2. The zero-order chi connectivity index (χ0) is 13.4. The number of amides is 1. The summed E-state index contributed by atoms with van der Waals surface area (Å²) in [6.45, 7) is 11.6. The predicted molar refractivity (Wildman–Crippen MR) is 70.4 cm³/mol. The van der Waals surface area contributed by atoms with E-state index < -0.39 is 5.60 Å². The molecule has 0 saturated carbocycles. The highest BCUT2D eigenvalue weighted by Gasteiger charge is 2.41. The SMILES string of the molecule is CC(C)(C)OC(=O)[N+]1(C)CCN(C2CNC2)CC1. The van der Waals surface area contributed by atoms with Crippen LogP contribution in [0.15, 0.2) is 0 Å². The molecule has 0 atom stereocenters. The van der Waals surface area contributed by atoms with Gasteiger partial charge in [-0.3, -0.25) is 4.90 Å². The van der Waals surface area contributed by atoms with E-state index in [-0.39, 0.29) is 6.09 Å². The average Bonchev–Trinajstić information content (AvgIpc) is 2.16. The number of piperazine rings is 1. The van der Waals surface area contributed by atoms with Gasteiger partial charge in [-0.05, 0) is 20.8 Å². The highest BCUT2D eigenvalue weighted by molar-refractivity contribution is 5.60. The summed E-state index contributed by atoms with van der Waals surface area (Å²) in [4.78, 5) is 14.7. The minimum Gasteiger partial charge on any atom is -0.414 e. The van der Waals surface area contributed by atoms with Crippen LogP contribution in [-0.4, -0.2) is 73.4 Å². The molecule has 0 aromatic heterocycles. The first kappa shape index (κ1) is 13.8. The monoisotopic (exact) mass is 256 g/mol. The predicted octanol–water partition coefficient (Wildman–Crippen LogP) is 0.656. The number of nitrogens with zero attached hydrogens (tertiary/aromatic N) is 2. The summed E-state index contributed by atoms with van der Waals surface area (Å²) in [7, 11) is 1.99. The summed E-state index contributed by atoms with van der Waals surface area (Å²) in [5.41, 5.74) is -0.395. The Labute approximate surface area is 110 Å². The summed E-state index contributed by atoms with van der Waals surface area (Å²) in [5, 5.41) is 3.29. The lowest BCUT2D eigenvalue weighted by atomic mass is 10.1. The minimum absolute atomic E-state index is 0.0890. The van der Waals surface area contributed by atoms with E-state index in [1.54, 1.807) is 0 Å². The summed E-state index contributed by atoms with van der Waals surface area (Å²) < 4.78 is 5.93. The average molecular weight is 256 g/mol. The van der Waals surface area contributed by atoms with Gasteiger partial charge in [-0.1, -0.05) is 0 Å². The number of carbonyl (C=O) groups excluding carboxylic acids is 1. The Bertz CT molecular complexity index is 313. The van der Waals surface area contributed by atoms with Crippen LogP contribution in [0.4, 0.5) is 4.79 Å². The van der Waals surface area contributed by atoms with Crippen molar-refractivity contribution >= 4 is 6.09 Å². The van der Waals surface area contributed by atoms with Gasteiger partial charge < -0.3 is 10.1 Å². The highest BCUT2D eigenvalue weighted by Crippen LogP contribution is 2.19. The fourth-order valence-corrected chi connectivity index (χ4v) is 2.37. The number of carbonyl (C=O) groups is 1. The maximum absolute atomic E-state index is 12.2. The molecule has 0 aromatic carbocycles. The number of likely N-dealkylation sites (N-methyl/N-ethyl adjacent to an activating group) is 1. The molecule has 18 heavy (non-hydrogen) atoms. The molecule has 104 valence electrons. The zero-order valence-corrected chi connectivity index (χ0v) is 12.0. The lowest BCUT2D eigenvalue weighted by Crippen LogP contribution is -2.66. The quantitative estimate of drug-likeness (QED) is 0.700. The van der Waals surface area contributed by atoms with E-state index in [2.05, 4.69) is 10.2 Å². The third-order valence-corrected chi connectivity index (χ3v) is 3.87. The number of nitrogens with one attached hydrogen (secondary N) is 1. The Morgan fingerprint density at radius 1 is 1.28 bits per heavy atom. The summed E-state index contributed by atoms with van der Waals surface area (Å²) in [5.74, 6) is 0. The molecule has 2 aliphatic heterocycles. The van der Waals surface area contributed by atoms with E-state index in [9.17, 15) is 4.79 Å². The molecular formula is C13H26N3O2+. The smallest absolute Gasteiger partial charge is 0.414 e. The third-order valence-electron chi connectivity index (χ3n) is 3.87. The number of hydrogen-bond acceptors (Lipinski definition) is 4. The molecule has 5 nitrogen and oxygen atoms in total. The van der Waals surface area contributed by atoms with Gasteiger partial charge in [-0.2, -0.15) is 4.79 Å². The van der Waals surface area contributed by atoms with Crippen molar-refractivity contribution in [2.24, 2.45) is 0 Å². The van der Waals surface area contributed by atoms with Crippen LogP contribution in [0.5, 0.6) is 0 Å². The van der Waals surface area contributed by atoms with E-state index in [1.807, 2.05) is 27.8 Å². The Balaban J connectivity index is 1.87. The Hall–Kier alpha value is -0.650. The number of ether oxygens (including phenoxy) is 1. The fraction of sp³-hybridized carbons (Fsp3) is 0.923.